The van der Waals surface area contributed by atoms with E-state index in [1.54, 1.807) is 18.2 Å². The summed E-state index contributed by atoms with van der Waals surface area (Å²) in [5.74, 6) is 5.01. The number of nitrogens with one attached hydrogen (secondary N) is 1. The summed E-state index contributed by atoms with van der Waals surface area (Å²) < 4.78 is 18.6. The third kappa shape index (κ3) is 1.95. The van der Waals surface area contributed by atoms with Crippen LogP contribution >= 0.6 is 11.6 Å². The smallest absolute Gasteiger partial charge is 0.129 e. The van der Waals surface area contributed by atoms with E-state index in [0.29, 0.717) is 10.6 Å². The van der Waals surface area contributed by atoms with Gasteiger partial charge in [-0.2, -0.15) is 0 Å². The van der Waals surface area contributed by atoms with E-state index in [9.17, 15) is 4.39 Å². The van der Waals surface area contributed by atoms with Gasteiger partial charge in [-0.1, -0.05) is 17.7 Å². The van der Waals surface area contributed by atoms with Gasteiger partial charge in [0.05, 0.1) is 18.6 Å². The maximum atomic E-state index is 13.7. The Bertz CT molecular complexity index is 453. The molecule has 0 saturated carbocycles. The van der Waals surface area contributed by atoms with Crippen LogP contribution < -0.4 is 11.3 Å². The summed E-state index contributed by atoms with van der Waals surface area (Å²) in [4.78, 5) is 0. The molecule has 0 saturated heterocycles. The maximum absolute atomic E-state index is 13.7. The van der Waals surface area contributed by atoms with Crippen molar-refractivity contribution in [3.05, 3.63) is 58.8 Å². The van der Waals surface area contributed by atoms with Crippen molar-refractivity contribution in [1.29, 1.82) is 0 Å². The Hall–Kier alpha value is -1.36. The molecular weight excluding hydrogens is 231 g/mol. The van der Waals surface area contributed by atoms with Crippen LogP contribution in [0.4, 0.5) is 4.39 Å². The van der Waals surface area contributed by atoms with Gasteiger partial charge >= 0.3 is 0 Å². The Morgan fingerprint density at radius 2 is 2.19 bits per heavy atom. The fourth-order valence-corrected chi connectivity index (χ4v) is 1.84. The van der Waals surface area contributed by atoms with Crippen LogP contribution in [0.25, 0.3) is 0 Å². The molecule has 1 aromatic heterocycles. The lowest BCUT2D eigenvalue weighted by atomic mass is 10.0. The molecule has 16 heavy (non-hydrogen) atoms. The molecular formula is C11H10ClFN2O. The zero-order chi connectivity index (χ0) is 11.5. The quantitative estimate of drug-likeness (QED) is 0.641. The van der Waals surface area contributed by atoms with Gasteiger partial charge in [0.25, 0.3) is 0 Å². The second-order valence-electron chi connectivity index (χ2n) is 3.29. The van der Waals surface area contributed by atoms with E-state index in [4.69, 9.17) is 21.9 Å². The average molecular weight is 241 g/mol. The van der Waals surface area contributed by atoms with Gasteiger partial charge in [0.2, 0.25) is 0 Å². The summed E-state index contributed by atoms with van der Waals surface area (Å²) in [6, 6.07) is 5.68. The highest BCUT2D eigenvalue weighted by molar-refractivity contribution is 6.31. The molecule has 1 aromatic carbocycles. The highest BCUT2D eigenvalue weighted by Crippen LogP contribution is 2.30. The predicted octanol–water partition coefficient (Wildman–Crippen LogP) is 2.62. The first-order chi connectivity index (χ1) is 7.74. The van der Waals surface area contributed by atoms with Crippen molar-refractivity contribution >= 4 is 11.6 Å². The lowest BCUT2D eigenvalue weighted by Gasteiger charge is -2.16. The lowest BCUT2D eigenvalue weighted by molar-refractivity contribution is 0.539. The number of hydrogen-bond donors (Lipinski definition) is 2. The molecule has 1 unspecified atom stereocenters. The van der Waals surface area contributed by atoms with Gasteiger partial charge in [-0.15, -0.1) is 0 Å². The number of halogens is 2. The highest BCUT2D eigenvalue weighted by Gasteiger charge is 2.20. The van der Waals surface area contributed by atoms with Crippen LogP contribution in [0.1, 0.15) is 17.2 Å². The zero-order valence-corrected chi connectivity index (χ0v) is 9.04. The fourth-order valence-electron chi connectivity index (χ4n) is 1.57. The molecule has 1 heterocycles. The SMILES string of the molecule is NNC(c1ccoc1)c1c(F)cccc1Cl. The van der Waals surface area contributed by atoms with Crippen LogP contribution in [0, 0.1) is 5.82 Å². The Balaban J connectivity index is 2.49. The zero-order valence-electron chi connectivity index (χ0n) is 8.28. The van der Waals surface area contributed by atoms with Crippen molar-refractivity contribution in [2.75, 3.05) is 0 Å². The van der Waals surface area contributed by atoms with Gasteiger partial charge in [0.15, 0.2) is 0 Å². The molecule has 0 bridgehead atoms. The minimum atomic E-state index is -0.521. The molecule has 2 aromatic rings. The first kappa shape index (κ1) is 11.1. The number of hydrogen-bond acceptors (Lipinski definition) is 3. The Kier molecular flexibility index (Phi) is 3.24. The van der Waals surface area contributed by atoms with Crippen molar-refractivity contribution in [1.82, 2.24) is 5.43 Å². The Morgan fingerprint density at radius 1 is 1.38 bits per heavy atom. The van der Waals surface area contributed by atoms with Crippen molar-refractivity contribution in [2.45, 2.75) is 6.04 Å². The van der Waals surface area contributed by atoms with Crippen LogP contribution in [0.15, 0.2) is 41.2 Å². The van der Waals surface area contributed by atoms with Crippen LogP contribution in [-0.4, -0.2) is 0 Å². The summed E-state index contributed by atoms with van der Waals surface area (Å²) in [5.41, 5.74) is 3.55. The number of hydrazine groups is 1. The molecule has 0 aliphatic heterocycles. The van der Waals surface area contributed by atoms with E-state index in [-0.39, 0.29) is 0 Å². The number of rotatable bonds is 3. The third-order valence-corrected chi connectivity index (χ3v) is 2.66. The summed E-state index contributed by atoms with van der Waals surface area (Å²) in [5, 5.41) is 0.323. The lowest BCUT2D eigenvalue weighted by Crippen LogP contribution is -2.29. The van der Waals surface area contributed by atoms with Gasteiger partial charge in [0, 0.05) is 16.1 Å². The average Bonchev–Trinajstić information content (AvgIpc) is 2.77. The van der Waals surface area contributed by atoms with Crippen molar-refractivity contribution < 1.29 is 8.81 Å². The highest BCUT2D eigenvalue weighted by atomic mass is 35.5. The summed E-state index contributed by atoms with van der Waals surface area (Å²) in [6.45, 7) is 0. The minimum Gasteiger partial charge on any atom is -0.472 e. The molecule has 3 nitrogen and oxygen atoms in total. The molecule has 0 spiro atoms. The van der Waals surface area contributed by atoms with E-state index in [0.717, 1.165) is 5.56 Å². The Morgan fingerprint density at radius 3 is 2.75 bits per heavy atom. The number of benzene rings is 1. The van der Waals surface area contributed by atoms with E-state index in [1.807, 2.05) is 0 Å². The third-order valence-electron chi connectivity index (χ3n) is 2.33. The first-order valence-electron chi connectivity index (χ1n) is 4.66. The number of nitrogens with two attached hydrogens (primary N) is 1. The monoisotopic (exact) mass is 240 g/mol. The molecule has 1 atom stereocenters. The molecule has 0 radical (unpaired) electrons. The number of furan rings is 1. The summed E-state index contributed by atoms with van der Waals surface area (Å²) in [6.07, 6.45) is 2.99. The molecule has 0 amide bonds. The van der Waals surface area contributed by atoms with Gasteiger partial charge in [-0.25, -0.2) is 9.82 Å². The van der Waals surface area contributed by atoms with Crippen molar-refractivity contribution in [3.8, 4) is 0 Å². The maximum Gasteiger partial charge on any atom is 0.129 e. The van der Waals surface area contributed by atoms with Crippen LogP contribution in [-0.2, 0) is 0 Å². The van der Waals surface area contributed by atoms with Crippen molar-refractivity contribution in [2.24, 2.45) is 5.84 Å². The van der Waals surface area contributed by atoms with E-state index >= 15 is 0 Å². The van der Waals surface area contributed by atoms with E-state index in [1.165, 1.54) is 18.6 Å². The standard InChI is InChI=1S/C11H10ClFN2O/c12-8-2-1-3-9(13)10(8)11(15-14)7-4-5-16-6-7/h1-6,11,15H,14H2. The largest absolute Gasteiger partial charge is 0.472 e. The van der Waals surface area contributed by atoms with Crippen LogP contribution in [0.2, 0.25) is 5.02 Å². The molecule has 0 aliphatic carbocycles. The first-order valence-corrected chi connectivity index (χ1v) is 5.04. The molecule has 0 fully saturated rings. The molecule has 0 aliphatic rings. The topological polar surface area (TPSA) is 51.2 Å². The Labute approximate surface area is 97.0 Å². The molecule has 3 N–H and O–H groups in total. The second kappa shape index (κ2) is 4.65. The molecule has 2 rings (SSSR count). The predicted molar refractivity (Wildman–Crippen MR) is 59.3 cm³/mol. The van der Waals surface area contributed by atoms with Crippen LogP contribution in [0.3, 0.4) is 0 Å². The second-order valence-corrected chi connectivity index (χ2v) is 3.70. The summed E-state index contributed by atoms with van der Waals surface area (Å²) in [7, 11) is 0. The van der Waals surface area contributed by atoms with E-state index < -0.39 is 11.9 Å². The van der Waals surface area contributed by atoms with Gasteiger partial charge in [-0.3, -0.25) is 5.84 Å². The van der Waals surface area contributed by atoms with E-state index in [2.05, 4.69) is 5.43 Å². The normalized spacial score (nSPS) is 12.7. The van der Waals surface area contributed by atoms with Gasteiger partial charge < -0.3 is 4.42 Å². The minimum absolute atomic E-state index is 0.313. The molecule has 84 valence electrons. The fraction of sp³-hybridized carbons (Fsp3) is 0.0909. The van der Waals surface area contributed by atoms with Crippen LogP contribution in [0.5, 0.6) is 0 Å². The van der Waals surface area contributed by atoms with Gasteiger partial charge in [0.1, 0.15) is 5.82 Å². The van der Waals surface area contributed by atoms with Gasteiger partial charge in [-0.05, 0) is 18.2 Å². The van der Waals surface area contributed by atoms with Crippen molar-refractivity contribution in [3.63, 3.8) is 0 Å². The summed E-state index contributed by atoms with van der Waals surface area (Å²) >= 11 is 5.95. The molecule has 5 heteroatoms.